The standard InChI is InChI=1S/C49H72N8O12/c1-28(2)24-35(44(63)51-30(5)46(65)56(8)38(26-33-18-13-10-14-19-33)47(66)57-23-15-20-37(57)49(68)69)52-41(61)27-39(59)34(25-32-16-11-9-12-17-32)53-45(64)36(21-22-40(50)60)55(7)48(67)42(29(3)4)54-43(62)31(6)58/h9-14,16-19,28-31,34-39,42,58-59H,15,20-27H2,1-8H3,(H2,50,60)(H,51,63)(H,52,61)(H,53,64)(H,54,62)(H,68,69)/t30-,31-,34-,35-,36-,37-,38+,39-,42-/m0/s1. The van der Waals surface area contributed by atoms with Gasteiger partial charge in [0.05, 0.1) is 18.6 Å². The van der Waals surface area contributed by atoms with Crippen molar-refractivity contribution in [3.05, 3.63) is 71.8 Å². The Bertz CT molecular complexity index is 2090. The number of carboxylic acids is 1. The summed E-state index contributed by atoms with van der Waals surface area (Å²) in [5.41, 5.74) is 6.83. The monoisotopic (exact) mass is 965 g/mol. The van der Waals surface area contributed by atoms with Crippen LogP contribution < -0.4 is 27.0 Å². The molecule has 1 saturated heterocycles. The number of benzene rings is 2. The van der Waals surface area contributed by atoms with Crippen molar-refractivity contribution in [2.45, 2.75) is 147 Å². The van der Waals surface area contributed by atoms with Gasteiger partial charge < -0.3 is 57.0 Å². The maximum absolute atomic E-state index is 14.2. The minimum atomic E-state index is -1.58. The lowest BCUT2D eigenvalue weighted by Gasteiger charge is -2.34. The molecule has 20 heteroatoms. The summed E-state index contributed by atoms with van der Waals surface area (Å²) in [7, 11) is 2.73. The van der Waals surface area contributed by atoms with Crippen molar-refractivity contribution >= 4 is 53.2 Å². The van der Waals surface area contributed by atoms with Gasteiger partial charge in [0.1, 0.15) is 42.4 Å². The Labute approximate surface area is 404 Å². The van der Waals surface area contributed by atoms with Crippen molar-refractivity contribution < 1.29 is 58.5 Å². The number of nitrogens with one attached hydrogen (secondary N) is 4. The van der Waals surface area contributed by atoms with Crippen LogP contribution in [0.5, 0.6) is 0 Å². The Kier molecular flexibility index (Phi) is 22.2. The maximum Gasteiger partial charge on any atom is 0.326 e. The van der Waals surface area contributed by atoms with Crippen molar-refractivity contribution in [1.82, 2.24) is 36.0 Å². The highest BCUT2D eigenvalue weighted by Gasteiger charge is 2.41. The molecule has 0 bridgehead atoms. The lowest BCUT2D eigenvalue weighted by atomic mass is 9.96. The average molecular weight is 965 g/mol. The number of carbonyl (C=O) groups excluding carboxylic acids is 8. The fourth-order valence-electron chi connectivity index (χ4n) is 8.20. The molecular weight excluding hydrogens is 893 g/mol. The average Bonchev–Trinajstić information content (AvgIpc) is 3.79. The van der Waals surface area contributed by atoms with E-state index in [0.29, 0.717) is 12.0 Å². The first kappa shape index (κ1) is 56.9. The van der Waals surface area contributed by atoms with Crippen molar-refractivity contribution in [3.63, 3.8) is 0 Å². The van der Waals surface area contributed by atoms with Crippen LogP contribution in [0.15, 0.2) is 60.7 Å². The van der Waals surface area contributed by atoms with E-state index in [9.17, 15) is 58.5 Å². The summed E-state index contributed by atoms with van der Waals surface area (Å²) in [6.07, 6.45) is -3.19. The minimum Gasteiger partial charge on any atom is -0.480 e. The second kappa shape index (κ2) is 27.0. The van der Waals surface area contributed by atoms with Crippen LogP contribution in [0.1, 0.15) is 91.2 Å². The highest BCUT2D eigenvalue weighted by molar-refractivity contribution is 5.96. The Balaban J connectivity index is 1.83. The third-order valence-corrected chi connectivity index (χ3v) is 12.2. The molecule has 1 fully saturated rings. The van der Waals surface area contributed by atoms with Crippen molar-refractivity contribution in [1.29, 1.82) is 0 Å². The van der Waals surface area contributed by atoms with E-state index in [2.05, 4.69) is 21.3 Å². The topological polar surface area (TPSA) is 298 Å². The lowest BCUT2D eigenvalue weighted by molar-refractivity contribution is -0.152. The number of hydrogen-bond acceptors (Lipinski definition) is 11. The van der Waals surface area contributed by atoms with Crippen LogP contribution in [0.3, 0.4) is 0 Å². The van der Waals surface area contributed by atoms with E-state index in [-0.39, 0.29) is 51.0 Å². The fourth-order valence-corrected chi connectivity index (χ4v) is 8.20. The molecule has 2 aromatic rings. The van der Waals surface area contributed by atoms with Gasteiger partial charge in [-0.3, -0.25) is 38.4 Å². The van der Waals surface area contributed by atoms with E-state index in [1.165, 1.54) is 37.7 Å². The first-order valence-corrected chi connectivity index (χ1v) is 23.4. The van der Waals surface area contributed by atoms with E-state index in [4.69, 9.17) is 5.73 Å². The van der Waals surface area contributed by atoms with Crippen molar-refractivity contribution in [2.75, 3.05) is 20.6 Å². The summed E-state index contributed by atoms with van der Waals surface area (Å²) < 4.78 is 0. The van der Waals surface area contributed by atoms with Gasteiger partial charge >= 0.3 is 5.97 Å². The van der Waals surface area contributed by atoms with E-state index >= 15 is 0 Å². The summed E-state index contributed by atoms with van der Waals surface area (Å²) in [5, 5.41) is 41.8. The number of aliphatic hydroxyl groups excluding tert-OH is 2. The second-order valence-electron chi connectivity index (χ2n) is 18.6. The SMILES string of the molecule is CC(C)C[C@H](NC(=O)C[C@H](O)[C@H](Cc1ccccc1)NC(=O)[C@H](CCC(N)=O)N(C)C(=O)[C@@H](NC(=O)[C@H](C)O)C(C)C)C(=O)N[C@@H](C)C(=O)N(C)[C@H](Cc1ccccc1)C(=O)N1CCC[C@H]1C(=O)O. The van der Waals surface area contributed by atoms with Gasteiger partial charge in [0.25, 0.3) is 0 Å². The van der Waals surface area contributed by atoms with E-state index in [1.807, 2.05) is 13.8 Å². The summed E-state index contributed by atoms with van der Waals surface area (Å²) in [6.45, 7) is 9.83. The van der Waals surface area contributed by atoms with Crippen LogP contribution in [0.4, 0.5) is 0 Å². The Morgan fingerprint density at radius 3 is 1.81 bits per heavy atom. The molecule has 0 spiro atoms. The molecule has 9 N–H and O–H groups in total. The minimum absolute atomic E-state index is 0.00579. The summed E-state index contributed by atoms with van der Waals surface area (Å²) in [5.74, 6) is -7.50. The van der Waals surface area contributed by atoms with Gasteiger partial charge in [-0.2, -0.15) is 0 Å². The Morgan fingerprint density at radius 2 is 1.29 bits per heavy atom. The predicted octanol–water partition coefficient (Wildman–Crippen LogP) is 0.260. The molecular formula is C49H72N8O12. The smallest absolute Gasteiger partial charge is 0.326 e. The van der Waals surface area contributed by atoms with E-state index in [0.717, 1.165) is 10.5 Å². The number of amides is 8. The third kappa shape index (κ3) is 17.3. The summed E-state index contributed by atoms with van der Waals surface area (Å²) in [4.78, 5) is 124. The summed E-state index contributed by atoms with van der Waals surface area (Å²) in [6, 6.07) is 9.46. The van der Waals surface area contributed by atoms with E-state index in [1.54, 1.807) is 74.5 Å². The fraction of sp³-hybridized carbons (Fsp3) is 0.571. The van der Waals surface area contributed by atoms with Crippen LogP contribution in [-0.2, 0) is 56.0 Å². The van der Waals surface area contributed by atoms with Crippen molar-refractivity contribution in [2.24, 2.45) is 17.6 Å². The molecule has 0 aliphatic carbocycles. The molecule has 0 unspecified atom stereocenters. The number of rotatable bonds is 26. The van der Waals surface area contributed by atoms with Crippen LogP contribution in [0.25, 0.3) is 0 Å². The number of nitrogens with zero attached hydrogens (tertiary/aromatic N) is 3. The third-order valence-electron chi connectivity index (χ3n) is 12.2. The normalized spacial score (nSPS) is 17.0. The zero-order valence-electron chi connectivity index (χ0n) is 40.9. The lowest BCUT2D eigenvalue weighted by Crippen LogP contribution is -2.59. The Morgan fingerprint density at radius 1 is 0.725 bits per heavy atom. The van der Waals surface area contributed by atoms with Gasteiger partial charge in [-0.15, -0.1) is 0 Å². The zero-order valence-corrected chi connectivity index (χ0v) is 40.9. The zero-order chi connectivity index (χ0) is 51.7. The molecule has 3 rings (SSSR count). The number of hydrogen-bond donors (Lipinski definition) is 8. The van der Waals surface area contributed by atoms with Crippen LogP contribution in [0.2, 0.25) is 0 Å². The molecule has 69 heavy (non-hydrogen) atoms. The number of nitrogens with two attached hydrogens (primary N) is 1. The van der Waals surface area contributed by atoms with Gasteiger partial charge in [0, 0.05) is 33.5 Å². The number of aliphatic hydroxyl groups is 2. The number of likely N-dealkylation sites (N-methyl/N-ethyl adjacent to an activating group) is 2. The molecule has 20 nitrogen and oxygen atoms in total. The van der Waals surface area contributed by atoms with Gasteiger partial charge in [0.2, 0.25) is 47.3 Å². The number of likely N-dealkylation sites (tertiary alicyclic amines) is 1. The molecule has 2 aromatic carbocycles. The van der Waals surface area contributed by atoms with Crippen molar-refractivity contribution in [3.8, 4) is 0 Å². The molecule has 8 amide bonds. The predicted molar refractivity (Wildman–Crippen MR) is 254 cm³/mol. The van der Waals surface area contributed by atoms with E-state index < -0.39 is 120 Å². The quantitative estimate of drug-likeness (QED) is 0.0630. The molecule has 0 radical (unpaired) electrons. The Hall–Kier alpha value is -6.41. The number of carboxylic acid groups (broad SMARTS) is 1. The van der Waals surface area contributed by atoms with Crippen LogP contribution >= 0.6 is 0 Å². The highest BCUT2D eigenvalue weighted by Crippen LogP contribution is 2.22. The number of carbonyl (C=O) groups is 9. The molecule has 1 heterocycles. The highest BCUT2D eigenvalue weighted by atomic mass is 16.4. The molecule has 1 aliphatic heterocycles. The van der Waals surface area contributed by atoms with Crippen LogP contribution in [-0.4, -0.2) is 158 Å². The first-order chi connectivity index (χ1) is 32.4. The molecule has 0 aromatic heterocycles. The van der Waals surface area contributed by atoms with Gasteiger partial charge in [0.15, 0.2) is 0 Å². The van der Waals surface area contributed by atoms with Gasteiger partial charge in [-0.05, 0) is 68.9 Å². The molecule has 1 aliphatic rings. The van der Waals surface area contributed by atoms with Gasteiger partial charge in [-0.25, -0.2) is 4.79 Å². The first-order valence-electron chi connectivity index (χ1n) is 23.4. The maximum atomic E-state index is 14.2. The summed E-state index contributed by atoms with van der Waals surface area (Å²) >= 11 is 0. The van der Waals surface area contributed by atoms with Crippen LogP contribution in [0, 0.1) is 11.8 Å². The molecule has 380 valence electrons. The number of aliphatic carboxylic acids is 1. The molecule has 0 saturated carbocycles. The second-order valence-corrected chi connectivity index (χ2v) is 18.6. The van der Waals surface area contributed by atoms with Gasteiger partial charge in [-0.1, -0.05) is 88.4 Å². The number of primary amides is 1. The molecule has 9 atom stereocenters. The largest absolute Gasteiger partial charge is 0.480 e.